The molecule has 10 aromatic rings. The van der Waals surface area contributed by atoms with Crippen molar-refractivity contribution >= 4 is 91.7 Å². The minimum absolute atomic E-state index is 0.0748. The number of thiophene rings is 1. The van der Waals surface area contributed by atoms with E-state index in [9.17, 15) is 5.48 Å². The fourth-order valence-electron chi connectivity index (χ4n) is 7.22. The van der Waals surface area contributed by atoms with Crippen molar-refractivity contribution in [3.63, 3.8) is 0 Å². The standard InChI is InChI=1S/C46H29NS/c1-3-12-36-31(10-1)20-21-32-22-23-33(28-42(32)36)30-24-26-35(27-25-30)47(43-18-9-17-41-40-16-7-8-19-45(40)48-46(41)43)44-29-34-11-2-4-13-37(34)38-14-5-6-15-39(38)44/h1-29H/i24D,25D,26D,27D. The second-order valence-electron chi connectivity index (χ2n) is 12.2. The number of hydrogen-bond acceptors (Lipinski definition) is 2. The third-order valence-electron chi connectivity index (χ3n) is 9.48. The van der Waals surface area contributed by atoms with E-state index in [2.05, 4.69) is 72.8 Å². The highest BCUT2D eigenvalue weighted by atomic mass is 32.1. The van der Waals surface area contributed by atoms with Gasteiger partial charge in [0.25, 0.3) is 0 Å². The Morgan fingerprint density at radius 1 is 0.396 bits per heavy atom. The Balaban J connectivity index is 1.29. The molecular formula is C46H29NS. The number of rotatable bonds is 4. The summed E-state index contributed by atoms with van der Waals surface area (Å²) in [4.78, 5) is 1.98. The van der Waals surface area contributed by atoms with Crippen LogP contribution < -0.4 is 4.90 Å². The molecule has 1 heterocycles. The summed E-state index contributed by atoms with van der Waals surface area (Å²) in [5.41, 5.74) is 2.77. The first-order chi connectivity index (χ1) is 25.5. The van der Waals surface area contributed by atoms with Crippen LogP contribution in [0.15, 0.2) is 176 Å². The highest BCUT2D eigenvalue weighted by Crippen LogP contribution is 2.47. The van der Waals surface area contributed by atoms with Crippen LogP contribution in [0, 0.1) is 0 Å². The van der Waals surface area contributed by atoms with E-state index in [1.807, 2.05) is 83.8 Å². The Labute approximate surface area is 288 Å². The lowest BCUT2D eigenvalue weighted by molar-refractivity contribution is 1.32. The van der Waals surface area contributed by atoms with E-state index in [4.69, 9.17) is 0 Å². The van der Waals surface area contributed by atoms with Crippen molar-refractivity contribution in [2.24, 2.45) is 0 Å². The van der Waals surface area contributed by atoms with Crippen molar-refractivity contribution in [1.82, 2.24) is 0 Å². The van der Waals surface area contributed by atoms with E-state index in [0.717, 1.165) is 74.6 Å². The monoisotopic (exact) mass is 631 g/mol. The molecule has 0 amide bonds. The molecule has 0 radical (unpaired) electrons. The van der Waals surface area contributed by atoms with Crippen LogP contribution in [0.2, 0.25) is 0 Å². The molecule has 0 fully saturated rings. The van der Waals surface area contributed by atoms with E-state index in [1.165, 1.54) is 0 Å². The summed E-state index contributed by atoms with van der Waals surface area (Å²) in [7, 11) is 0. The van der Waals surface area contributed by atoms with Crippen molar-refractivity contribution in [2.45, 2.75) is 0 Å². The summed E-state index contributed by atoms with van der Waals surface area (Å²) in [5.74, 6) is 0. The fourth-order valence-corrected chi connectivity index (χ4v) is 8.42. The van der Waals surface area contributed by atoms with Crippen LogP contribution in [0.4, 0.5) is 17.1 Å². The molecule has 10 rings (SSSR count). The molecule has 0 aliphatic carbocycles. The fraction of sp³-hybridized carbons (Fsp3) is 0. The van der Waals surface area contributed by atoms with Gasteiger partial charge in [-0.3, -0.25) is 0 Å². The van der Waals surface area contributed by atoms with Crippen molar-refractivity contribution in [1.29, 1.82) is 0 Å². The first kappa shape index (κ1) is 23.4. The second kappa shape index (κ2) is 10.8. The van der Waals surface area contributed by atoms with Gasteiger partial charge in [0.15, 0.2) is 0 Å². The summed E-state index contributed by atoms with van der Waals surface area (Å²) < 4.78 is 40.6. The van der Waals surface area contributed by atoms with Crippen LogP contribution in [-0.4, -0.2) is 0 Å². The molecular weight excluding hydrogens is 599 g/mol. The van der Waals surface area contributed by atoms with Gasteiger partial charge in [-0.2, -0.15) is 0 Å². The lowest BCUT2D eigenvalue weighted by Gasteiger charge is -2.28. The molecule has 0 atom stereocenters. The first-order valence-corrected chi connectivity index (χ1v) is 16.9. The van der Waals surface area contributed by atoms with Crippen molar-refractivity contribution in [3.05, 3.63) is 176 Å². The average molecular weight is 632 g/mol. The number of nitrogens with zero attached hydrogens (tertiary/aromatic N) is 1. The Bertz CT molecular complexity index is 3060. The van der Waals surface area contributed by atoms with Gasteiger partial charge < -0.3 is 4.90 Å². The van der Waals surface area contributed by atoms with Crippen LogP contribution >= 0.6 is 11.3 Å². The van der Waals surface area contributed by atoms with E-state index in [-0.39, 0.29) is 35.4 Å². The van der Waals surface area contributed by atoms with Crippen LogP contribution in [0.25, 0.3) is 74.4 Å². The summed E-state index contributed by atoms with van der Waals surface area (Å²) in [6, 6.07) is 51.1. The Hall–Kier alpha value is -5.96. The molecule has 0 aliphatic rings. The molecule has 0 spiro atoms. The van der Waals surface area contributed by atoms with Gasteiger partial charge in [-0.15, -0.1) is 11.3 Å². The van der Waals surface area contributed by atoms with Crippen LogP contribution in [0.3, 0.4) is 0 Å². The maximum Gasteiger partial charge on any atom is 0.0645 e. The maximum atomic E-state index is 9.70. The average Bonchev–Trinajstić information content (AvgIpc) is 3.58. The zero-order chi connectivity index (χ0) is 35.1. The molecule has 0 N–H and O–H groups in total. The van der Waals surface area contributed by atoms with E-state index >= 15 is 0 Å². The number of anilines is 3. The van der Waals surface area contributed by atoms with Gasteiger partial charge in [0.05, 0.1) is 21.6 Å². The highest BCUT2D eigenvalue weighted by molar-refractivity contribution is 7.26. The minimum atomic E-state index is -0.0932. The van der Waals surface area contributed by atoms with Gasteiger partial charge in [-0.25, -0.2) is 0 Å². The Morgan fingerprint density at radius 3 is 1.81 bits per heavy atom. The summed E-state index contributed by atoms with van der Waals surface area (Å²) >= 11 is 1.68. The number of fused-ring (bicyclic) bond motifs is 9. The van der Waals surface area contributed by atoms with E-state index in [1.54, 1.807) is 11.3 Å². The number of benzene rings is 9. The smallest absolute Gasteiger partial charge is 0.0645 e. The molecule has 9 aromatic carbocycles. The third kappa shape index (κ3) is 4.24. The maximum absolute atomic E-state index is 9.70. The SMILES string of the molecule is [2H]c1c([2H])c(N(c2cc3ccccc3c3ccccc23)c2cccc3c2sc2ccccc23)c([2H])c([2H])c1-c1ccc2ccc3ccccc3c2c1. The van der Waals surface area contributed by atoms with Gasteiger partial charge in [-0.1, -0.05) is 139 Å². The summed E-state index contributed by atoms with van der Waals surface area (Å²) in [5, 5.41) is 10.6. The predicted octanol–water partition coefficient (Wildman–Crippen LogP) is 13.8. The molecule has 0 saturated heterocycles. The Kier molecular flexibility index (Phi) is 5.26. The highest BCUT2D eigenvalue weighted by Gasteiger charge is 2.21. The van der Waals surface area contributed by atoms with Crippen LogP contribution in [-0.2, 0) is 0 Å². The summed E-state index contributed by atoms with van der Waals surface area (Å²) in [6.07, 6.45) is 0. The summed E-state index contributed by atoms with van der Waals surface area (Å²) in [6.45, 7) is 0. The van der Waals surface area contributed by atoms with Crippen LogP contribution in [0.1, 0.15) is 5.48 Å². The quantitative estimate of drug-likeness (QED) is 0.175. The lowest BCUT2D eigenvalue weighted by Crippen LogP contribution is -2.10. The molecule has 0 bridgehead atoms. The zero-order valence-corrected chi connectivity index (χ0v) is 26.6. The van der Waals surface area contributed by atoms with Gasteiger partial charge in [-0.05, 0) is 85.2 Å². The van der Waals surface area contributed by atoms with Crippen molar-refractivity contribution in [2.75, 3.05) is 4.90 Å². The molecule has 1 aromatic heterocycles. The van der Waals surface area contributed by atoms with Gasteiger partial charge in [0.2, 0.25) is 0 Å². The minimum Gasteiger partial charge on any atom is -0.308 e. The van der Waals surface area contributed by atoms with Gasteiger partial charge in [0.1, 0.15) is 0 Å². The first-order valence-electron chi connectivity index (χ1n) is 18.1. The number of hydrogen-bond donors (Lipinski definition) is 0. The van der Waals surface area contributed by atoms with Crippen molar-refractivity contribution < 1.29 is 5.48 Å². The largest absolute Gasteiger partial charge is 0.308 e. The molecule has 224 valence electrons. The second-order valence-corrected chi connectivity index (χ2v) is 13.2. The van der Waals surface area contributed by atoms with E-state index in [0.29, 0.717) is 5.56 Å². The van der Waals surface area contributed by atoms with Crippen molar-refractivity contribution in [3.8, 4) is 11.1 Å². The van der Waals surface area contributed by atoms with Gasteiger partial charge in [0, 0.05) is 26.5 Å². The molecule has 2 heteroatoms. The van der Waals surface area contributed by atoms with E-state index < -0.39 is 0 Å². The molecule has 48 heavy (non-hydrogen) atoms. The zero-order valence-electron chi connectivity index (χ0n) is 29.8. The predicted molar refractivity (Wildman–Crippen MR) is 209 cm³/mol. The normalized spacial score (nSPS) is 12.9. The molecule has 0 unspecified atom stereocenters. The third-order valence-corrected chi connectivity index (χ3v) is 10.7. The molecule has 1 nitrogen and oxygen atoms in total. The Morgan fingerprint density at radius 2 is 1.00 bits per heavy atom. The topological polar surface area (TPSA) is 3.24 Å². The van der Waals surface area contributed by atoms with Gasteiger partial charge >= 0.3 is 0 Å². The molecule has 0 saturated carbocycles. The lowest BCUT2D eigenvalue weighted by atomic mass is 9.96. The molecule has 0 aliphatic heterocycles. The van der Waals surface area contributed by atoms with Crippen LogP contribution in [0.5, 0.6) is 0 Å².